The summed E-state index contributed by atoms with van der Waals surface area (Å²) in [5.74, 6) is -1.24. The van der Waals surface area contributed by atoms with Gasteiger partial charge in [0.05, 0.1) is 25.3 Å². The predicted octanol–water partition coefficient (Wildman–Crippen LogP) is 1.14. The summed E-state index contributed by atoms with van der Waals surface area (Å²) in [6.07, 6.45) is 0.268. The molecule has 10 nitrogen and oxygen atoms in total. The summed E-state index contributed by atoms with van der Waals surface area (Å²) >= 11 is 0. The second-order valence-corrected chi connectivity index (χ2v) is 10.5. The van der Waals surface area contributed by atoms with E-state index in [9.17, 15) is 19.2 Å². The van der Waals surface area contributed by atoms with Crippen molar-refractivity contribution in [3.63, 3.8) is 0 Å². The Kier molecular flexibility index (Phi) is 7.84. The van der Waals surface area contributed by atoms with Gasteiger partial charge in [-0.2, -0.15) is 0 Å². The maximum atomic E-state index is 13.8. The number of nitrogens with two attached hydrogens (primary N) is 1. The average Bonchev–Trinajstić information content (AvgIpc) is 3.08. The molecule has 2 aliphatic heterocycles. The molecule has 0 spiro atoms. The van der Waals surface area contributed by atoms with Crippen LogP contribution in [0.4, 0.5) is 4.79 Å². The number of ether oxygens (including phenoxy) is 1. The lowest BCUT2D eigenvalue weighted by Gasteiger charge is -2.45. The topological polar surface area (TPSA) is 125 Å². The van der Waals surface area contributed by atoms with Crippen LogP contribution in [0.3, 0.4) is 0 Å². The van der Waals surface area contributed by atoms with E-state index in [1.165, 1.54) is 7.05 Å². The molecule has 2 aromatic rings. The summed E-state index contributed by atoms with van der Waals surface area (Å²) in [4.78, 5) is 57.2. The van der Waals surface area contributed by atoms with Crippen LogP contribution >= 0.6 is 0 Å². The van der Waals surface area contributed by atoms with Gasteiger partial charge in [0.25, 0.3) is 5.91 Å². The molecule has 38 heavy (non-hydrogen) atoms. The van der Waals surface area contributed by atoms with Gasteiger partial charge >= 0.3 is 6.03 Å². The fourth-order valence-corrected chi connectivity index (χ4v) is 4.91. The Hall–Kier alpha value is -3.76. The fourth-order valence-electron chi connectivity index (χ4n) is 4.91. The SMILES string of the molecule is CN1C(=O)N2CCN(C(=O)C(COCc3ccccc3)NC(=O)C(C)(C)N)CC2(Cc2ccccc2)C1=O. The van der Waals surface area contributed by atoms with Crippen molar-refractivity contribution in [1.29, 1.82) is 0 Å². The lowest BCUT2D eigenvalue weighted by Crippen LogP contribution is -2.67. The molecule has 0 aromatic heterocycles. The molecular formula is C28H35N5O5. The van der Waals surface area contributed by atoms with Crippen molar-refractivity contribution in [2.45, 2.75) is 44.0 Å². The number of amides is 5. The second-order valence-electron chi connectivity index (χ2n) is 10.5. The van der Waals surface area contributed by atoms with Crippen molar-refractivity contribution >= 4 is 23.8 Å². The first-order valence-corrected chi connectivity index (χ1v) is 12.7. The van der Waals surface area contributed by atoms with E-state index in [-0.39, 0.29) is 51.2 Å². The quantitative estimate of drug-likeness (QED) is 0.477. The van der Waals surface area contributed by atoms with Crippen molar-refractivity contribution in [2.24, 2.45) is 5.73 Å². The second kappa shape index (κ2) is 10.9. The van der Waals surface area contributed by atoms with Crippen LogP contribution in [0.15, 0.2) is 60.7 Å². The van der Waals surface area contributed by atoms with Crippen LogP contribution in [0.1, 0.15) is 25.0 Å². The van der Waals surface area contributed by atoms with E-state index >= 15 is 0 Å². The highest BCUT2D eigenvalue weighted by molar-refractivity contribution is 6.07. The van der Waals surface area contributed by atoms with Crippen molar-refractivity contribution in [2.75, 3.05) is 33.3 Å². The summed E-state index contributed by atoms with van der Waals surface area (Å²) in [6, 6.07) is 17.5. The average molecular weight is 522 g/mol. The van der Waals surface area contributed by atoms with Gasteiger partial charge in [-0.25, -0.2) is 4.79 Å². The van der Waals surface area contributed by atoms with Gasteiger partial charge in [0.2, 0.25) is 11.8 Å². The maximum Gasteiger partial charge on any atom is 0.327 e. The Morgan fingerprint density at radius 3 is 2.24 bits per heavy atom. The number of piperazine rings is 1. The number of carbonyl (C=O) groups is 4. The van der Waals surface area contributed by atoms with Crippen LogP contribution in [-0.2, 0) is 32.1 Å². The van der Waals surface area contributed by atoms with Gasteiger partial charge in [0.15, 0.2) is 0 Å². The van der Waals surface area contributed by atoms with Crippen molar-refractivity contribution in [3.8, 4) is 0 Å². The molecule has 10 heteroatoms. The summed E-state index contributed by atoms with van der Waals surface area (Å²) in [5, 5.41) is 2.73. The molecule has 3 N–H and O–H groups in total. The van der Waals surface area contributed by atoms with Gasteiger partial charge in [-0.3, -0.25) is 19.3 Å². The van der Waals surface area contributed by atoms with Crippen LogP contribution < -0.4 is 11.1 Å². The minimum Gasteiger partial charge on any atom is -0.374 e. The number of hydrogen-bond acceptors (Lipinski definition) is 6. The molecule has 2 fully saturated rings. The molecule has 0 bridgehead atoms. The molecule has 2 heterocycles. The van der Waals surface area contributed by atoms with Gasteiger partial charge in [-0.15, -0.1) is 0 Å². The zero-order valence-corrected chi connectivity index (χ0v) is 22.1. The third-order valence-corrected chi connectivity index (χ3v) is 7.02. The number of rotatable bonds is 9. The van der Waals surface area contributed by atoms with Crippen LogP contribution in [0.2, 0.25) is 0 Å². The van der Waals surface area contributed by atoms with Gasteiger partial charge in [-0.1, -0.05) is 60.7 Å². The highest BCUT2D eigenvalue weighted by Crippen LogP contribution is 2.34. The van der Waals surface area contributed by atoms with Crippen molar-refractivity contribution in [3.05, 3.63) is 71.8 Å². The summed E-state index contributed by atoms with van der Waals surface area (Å²) in [5.41, 5.74) is 5.35. The number of fused-ring (bicyclic) bond motifs is 1. The van der Waals surface area contributed by atoms with E-state index in [0.717, 1.165) is 16.0 Å². The number of likely N-dealkylation sites (N-methyl/N-ethyl adjacent to an activating group) is 1. The van der Waals surface area contributed by atoms with E-state index in [4.69, 9.17) is 10.5 Å². The van der Waals surface area contributed by atoms with Crippen molar-refractivity contribution in [1.82, 2.24) is 20.0 Å². The number of carbonyl (C=O) groups excluding carboxylic acids is 4. The molecule has 2 unspecified atom stereocenters. The van der Waals surface area contributed by atoms with Crippen LogP contribution in [0.25, 0.3) is 0 Å². The summed E-state index contributed by atoms with van der Waals surface area (Å²) in [6.45, 7) is 3.72. The minimum absolute atomic E-state index is 0.00666. The van der Waals surface area contributed by atoms with E-state index in [2.05, 4.69) is 5.32 Å². The molecule has 0 aliphatic carbocycles. The molecule has 5 amide bonds. The van der Waals surface area contributed by atoms with Crippen molar-refractivity contribution < 1.29 is 23.9 Å². The maximum absolute atomic E-state index is 13.8. The molecule has 0 radical (unpaired) electrons. The smallest absolute Gasteiger partial charge is 0.327 e. The van der Waals surface area contributed by atoms with E-state index in [1.54, 1.807) is 23.6 Å². The molecule has 2 atom stereocenters. The third-order valence-electron chi connectivity index (χ3n) is 7.02. The first-order valence-electron chi connectivity index (χ1n) is 12.7. The highest BCUT2D eigenvalue weighted by Gasteiger charge is 2.59. The van der Waals surface area contributed by atoms with Gasteiger partial charge in [0, 0.05) is 26.6 Å². The van der Waals surface area contributed by atoms with Crippen LogP contribution in [0, 0.1) is 0 Å². The predicted molar refractivity (Wildman–Crippen MR) is 141 cm³/mol. The lowest BCUT2D eigenvalue weighted by molar-refractivity contribution is -0.146. The number of nitrogens with zero attached hydrogens (tertiary/aromatic N) is 3. The first kappa shape index (κ1) is 27.3. The normalized spacial score (nSPS) is 20.4. The summed E-state index contributed by atoms with van der Waals surface area (Å²) in [7, 11) is 1.46. The lowest BCUT2D eigenvalue weighted by atomic mass is 9.86. The zero-order valence-electron chi connectivity index (χ0n) is 22.1. The number of nitrogens with one attached hydrogen (secondary N) is 1. The van der Waals surface area contributed by atoms with Gasteiger partial charge < -0.3 is 25.6 Å². The summed E-state index contributed by atoms with van der Waals surface area (Å²) < 4.78 is 5.83. The number of urea groups is 1. The molecule has 4 rings (SSSR count). The Labute approximate surface area is 222 Å². The monoisotopic (exact) mass is 521 g/mol. The Morgan fingerprint density at radius 1 is 1.03 bits per heavy atom. The Bertz CT molecular complexity index is 1180. The van der Waals surface area contributed by atoms with Crippen LogP contribution in [-0.4, -0.2) is 88.9 Å². The molecule has 2 saturated heterocycles. The van der Waals surface area contributed by atoms with E-state index in [1.807, 2.05) is 60.7 Å². The van der Waals surface area contributed by atoms with E-state index < -0.39 is 28.9 Å². The van der Waals surface area contributed by atoms with Gasteiger partial charge in [-0.05, 0) is 25.0 Å². The Balaban J connectivity index is 1.57. The molecule has 2 aromatic carbocycles. The fraction of sp³-hybridized carbons (Fsp3) is 0.429. The number of hydrogen-bond donors (Lipinski definition) is 2. The highest BCUT2D eigenvalue weighted by atomic mass is 16.5. The third kappa shape index (κ3) is 5.56. The van der Waals surface area contributed by atoms with Gasteiger partial charge in [0.1, 0.15) is 11.6 Å². The molecular weight excluding hydrogens is 486 g/mol. The number of benzene rings is 2. The minimum atomic E-state index is -1.23. The molecule has 2 aliphatic rings. The standard InChI is InChI=1S/C28H35N5O5/c1-27(2,29)24(35)30-22(18-38-17-21-12-8-5-9-13-21)23(34)32-14-15-33-26(37)31(3)25(36)28(33,19-32)16-20-10-6-4-7-11-20/h4-13,22H,14-19,29H2,1-3H3,(H,30,35). The Morgan fingerprint density at radius 2 is 1.63 bits per heavy atom. The zero-order chi connectivity index (χ0) is 27.5. The number of imide groups is 1. The molecule has 202 valence electrons. The van der Waals surface area contributed by atoms with E-state index in [0.29, 0.717) is 0 Å². The first-order chi connectivity index (χ1) is 18.0. The van der Waals surface area contributed by atoms with Crippen LogP contribution in [0.5, 0.6) is 0 Å². The molecule has 0 saturated carbocycles. The largest absolute Gasteiger partial charge is 0.374 e.